The summed E-state index contributed by atoms with van der Waals surface area (Å²) in [5, 5.41) is 2.73. The predicted octanol–water partition coefficient (Wildman–Crippen LogP) is 1.52. The third kappa shape index (κ3) is 4.21. The van der Waals surface area contributed by atoms with Crippen LogP contribution in [-0.4, -0.2) is 29.3 Å². The zero-order valence-electron chi connectivity index (χ0n) is 11.5. The normalized spacial score (nSPS) is 15.7. The molecule has 2 rings (SSSR count). The first-order chi connectivity index (χ1) is 9.06. The van der Waals surface area contributed by atoms with Crippen molar-refractivity contribution in [2.75, 3.05) is 11.9 Å². The van der Waals surface area contributed by atoms with E-state index in [1.54, 1.807) is 6.92 Å². The van der Waals surface area contributed by atoms with Crippen molar-refractivity contribution >= 4 is 29.9 Å². The molecule has 1 aliphatic rings. The molecule has 1 fully saturated rings. The highest BCUT2D eigenvalue weighted by Crippen LogP contribution is 2.16. The van der Waals surface area contributed by atoms with Gasteiger partial charge in [-0.1, -0.05) is 12.1 Å². The van der Waals surface area contributed by atoms with E-state index in [0.717, 1.165) is 24.2 Å². The fourth-order valence-corrected chi connectivity index (χ4v) is 2.04. The Morgan fingerprint density at radius 3 is 2.55 bits per heavy atom. The van der Waals surface area contributed by atoms with Gasteiger partial charge in [-0.2, -0.15) is 0 Å². The third-order valence-electron chi connectivity index (χ3n) is 3.18. The Kier molecular flexibility index (Phi) is 5.98. The smallest absolute Gasteiger partial charge is 0.240 e. The number of anilines is 1. The number of benzene rings is 1. The highest BCUT2D eigenvalue weighted by Gasteiger charge is 2.19. The van der Waals surface area contributed by atoms with Crippen molar-refractivity contribution < 1.29 is 9.59 Å². The minimum atomic E-state index is -0.526. The SMILES string of the molecule is C[C@@H](N)C(=O)Nc1ccc(CN2CCCC2=O)cc1.Cl. The molecule has 0 aliphatic carbocycles. The number of carbonyl (C=O) groups excluding carboxylic acids is 2. The average molecular weight is 298 g/mol. The van der Waals surface area contributed by atoms with Gasteiger partial charge in [-0.05, 0) is 31.0 Å². The molecule has 1 aliphatic heterocycles. The lowest BCUT2D eigenvalue weighted by atomic mass is 10.2. The largest absolute Gasteiger partial charge is 0.338 e. The lowest BCUT2D eigenvalue weighted by Gasteiger charge is -2.15. The first kappa shape index (κ1) is 16.5. The summed E-state index contributed by atoms with van der Waals surface area (Å²) in [7, 11) is 0. The molecule has 0 radical (unpaired) electrons. The van der Waals surface area contributed by atoms with Gasteiger partial charge in [0.15, 0.2) is 0 Å². The summed E-state index contributed by atoms with van der Waals surface area (Å²) in [6.45, 7) is 3.12. The van der Waals surface area contributed by atoms with Gasteiger partial charge in [-0.25, -0.2) is 0 Å². The number of likely N-dealkylation sites (tertiary alicyclic amines) is 1. The summed E-state index contributed by atoms with van der Waals surface area (Å²) in [6.07, 6.45) is 1.60. The number of hydrogen-bond donors (Lipinski definition) is 2. The summed E-state index contributed by atoms with van der Waals surface area (Å²) >= 11 is 0. The van der Waals surface area contributed by atoms with Gasteiger partial charge in [0, 0.05) is 25.2 Å². The molecule has 0 aromatic heterocycles. The summed E-state index contributed by atoms with van der Waals surface area (Å²) in [5.41, 5.74) is 7.27. The number of hydrogen-bond acceptors (Lipinski definition) is 3. The standard InChI is InChI=1S/C14H19N3O2.ClH/c1-10(15)14(19)16-12-6-4-11(5-7-12)9-17-8-2-3-13(17)18;/h4-7,10H,2-3,8-9,15H2,1H3,(H,16,19);1H/t10-;/m1./s1. The quantitative estimate of drug-likeness (QED) is 0.884. The molecule has 1 aromatic rings. The van der Waals surface area contributed by atoms with Gasteiger partial charge in [0.25, 0.3) is 0 Å². The maximum Gasteiger partial charge on any atom is 0.240 e. The number of nitrogens with two attached hydrogens (primary N) is 1. The van der Waals surface area contributed by atoms with Crippen LogP contribution in [0.15, 0.2) is 24.3 Å². The Labute approximate surface area is 124 Å². The molecule has 1 heterocycles. The molecule has 1 aromatic carbocycles. The van der Waals surface area contributed by atoms with E-state index in [1.807, 2.05) is 29.2 Å². The van der Waals surface area contributed by atoms with Crippen LogP contribution in [0, 0.1) is 0 Å². The van der Waals surface area contributed by atoms with Crippen LogP contribution in [0.25, 0.3) is 0 Å². The van der Waals surface area contributed by atoms with Crippen molar-refractivity contribution in [1.29, 1.82) is 0 Å². The number of carbonyl (C=O) groups is 2. The van der Waals surface area contributed by atoms with E-state index in [2.05, 4.69) is 5.32 Å². The molecular formula is C14H20ClN3O2. The first-order valence-electron chi connectivity index (χ1n) is 6.49. The summed E-state index contributed by atoms with van der Waals surface area (Å²) in [5.74, 6) is 0.0109. The maximum atomic E-state index is 11.5. The fourth-order valence-electron chi connectivity index (χ4n) is 2.04. The predicted molar refractivity (Wildman–Crippen MR) is 80.6 cm³/mol. The highest BCUT2D eigenvalue weighted by molar-refractivity contribution is 5.94. The van der Waals surface area contributed by atoms with E-state index in [1.165, 1.54) is 0 Å². The topological polar surface area (TPSA) is 75.4 Å². The van der Waals surface area contributed by atoms with Crippen molar-refractivity contribution in [2.24, 2.45) is 5.73 Å². The van der Waals surface area contributed by atoms with Gasteiger partial charge < -0.3 is 16.0 Å². The molecule has 0 bridgehead atoms. The lowest BCUT2D eigenvalue weighted by Crippen LogP contribution is -2.32. The molecule has 6 heteroatoms. The zero-order valence-corrected chi connectivity index (χ0v) is 12.3. The van der Waals surface area contributed by atoms with E-state index in [-0.39, 0.29) is 24.2 Å². The molecule has 3 N–H and O–H groups in total. The van der Waals surface area contributed by atoms with Crippen LogP contribution in [0.3, 0.4) is 0 Å². The number of halogens is 1. The molecule has 1 saturated heterocycles. The molecule has 20 heavy (non-hydrogen) atoms. The van der Waals surface area contributed by atoms with Crippen molar-refractivity contribution in [3.8, 4) is 0 Å². The summed E-state index contributed by atoms with van der Waals surface area (Å²) < 4.78 is 0. The van der Waals surface area contributed by atoms with Gasteiger partial charge >= 0.3 is 0 Å². The average Bonchev–Trinajstić information content (AvgIpc) is 2.77. The van der Waals surface area contributed by atoms with Crippen molar-refractivity contribution in [3.05, 3.63) is 29.8 Å². The number of nitrogens with zero attached hydrogens (tertiary/aromatic N) is 1. The second kappa shape index (κ2) is 7.26. The van der Waals surface area contributed by atoms with Crippen LogP contribution in [0.2, 0.25) is 0 Å². The molecule has 0 spiro atoms. The second-order valence-electron chi connectivity index (χ2n) is 4.89. The summed E-state index contributed by atoms with van der Waals surface area (Å²) in [6, 6.07) is 6.97. The van der Waals surface area contributed by atoms with E-state index < -0.39 is 6.04 Å². The maximum absolute atomic E-state index is 11.5. The Balaban J connectivity index is 0.00000200. The highest BCUT2D eigenvalue weighted by atomic mass is 35.5. The molecular weight excluding hydrogens is 278 g/mol. The van der Waals surface area contributed by atoms with E-state index >= 15 is 0 Å². The molecule has 2 amide bonds. The third-order valence-corrected chi connectivity index (χ3v) is 3.18. The van der Waals surface area contributed by atoms with Crippen LogP contribution >= 0.6 is 12.4 Å². The van der Waals surface area contributed by atoms with Crippen molar-refractivity contribution in [1.82, 2.24) is 4.90 Å². The molecule has 5 nitrogen and oxygen atoms in total. The zero-order chi connectivity index (χ0) is 13.8. The fraction of sp³-hybridized carbons (Fsp3) is 0.429. The van der Waals surface area contributed by atoms with E-state index in [9.17, 15) is 9.59 Å². The molecule has 0 unspecified atom stereocenters. The lowest BCUT2D eigenvalue weighted by molar-refractivity contribution is -0.128. The minimum absolute atomic E-state index is 0. The van der Waals surface area contributed by atoms with Gasteiger partial charge in [0.1, 0.15) is 0 Å². The molecule has 1 atom stereocenters. The molecule has 110 valence electrons. The van der Waals surface area contributed by atoms with Gasteiger partial charge in [-0.3, -0.25) is 9.59 Å². The second-order valence-corrected chi connectivity index (χ2v) is 4.89. The van der Waals surface area contributed by atoms with Crippen LogP contribution in [0.1, 0.15) is 25.3 Å². The number of rotatable bonds is 4. The Morgan fingerprint density at radius 2 is 2.05 bits per heavy atom. The number of nitrogens with one attached hydrogen (secondary N) is 1. The Bertz CT molecular complexity index is 474. The first-order valence-corrected chi connectivity index (χ1v) is 6.49. The van der Waals surface area contributed by atoms with Gasteiger partial charge in [0.05, 0.1) is 6.04 Å². The number of amides is 2. The Hall–Kier alpha value is -1.59. The monoisotopic (exact) mass is 297 g/mol. The summed E-state index contributed by atoms with van der Waals surface area (Å²) in [4.78, 5) is 24.8. The van der Waals surface area contributed by atoms with Crippen molar-refractivity contribution in [2.45, 2.75) is 32.4 Å². The van der Waals surface area contributed by atoms with Gasteiger partial charge in [0.2, 0.25) is 11.8 Å². The van der Waals surface area contributed by atoms with Crippen LogP contribution in [0.5, 0.6) is 0 Å². The van der Waals surface area contributed by atoms with Crippen molar-refractivity contribution in [3.63, 3.8) is 0 Å². The van der Waals surface area contributed by atoms with Gasteiger partial charge in [-0.15, -0.1) is 12.4 Å². The van der Waals surface area contributed by atoms with Crippen LogP contribution in [-0.2, 0) is 16.1 Å². The molecule has 0 saturated carbocycles. The van der Waals surface area contributed by atoms with E-state index in [4.69, 9.17) is 5.73 Å². The minimum Gasteiger partial charge on any atom is -0.338 e. The Morgan fingerprint density at radius 1 is 1.40 bits per heavy atom. The van der Waals surface area contributed by atoms with Crippen LogP contribution < -0.4 is 11.1 Å². The van der Waals surface area contributed by atoms with E-state index in [0.29, 0.717) is 13.0 Å². The van der Waals surface area contributed by atoms with Crippen LogP contribution in [0.4, 0.5) is 5.69 Å².